The van der Waals surface area contributed by atoms with Crippen LogP contribution in [-0.4, -0.2) is 6.61 Å². The lowest BCUT2D eigenvalue weighted by Crippen LogP contribution is -2.33. The number of hydrogen-bond donors (Lipinski definition) is 2. The second-order valence-electron chi connectivity index (χ2n) is 5.37. The molecule has 0 aliphatic rings. The highest BCUT2D eigenvalue weighted by atomic mass is 16.5. The van der Waals surface area contributed by atoms with Crippen molar-refractivity contribution < 1.29 is 4.74 Å². The van der Waals surface area contributed by atoms with Gasteiger partial charge in [-0.1, -0.05) is 52.2 Å². The summed E-state index contributed by atoms with van der Waals surface area (Å²) in [5, 5.41) is 0. The highest BCUT2D eigenvalue weighted by Crippen LogP contribution is 2.29. The van der Waals surface area contributed by atoms with Crippen molar-refractivity contribution in [3.8, 4) is 5.75 Å². The Kier molecular flexibility index (Phi) is 8.31. The normalized spacial score (nSPS) is 14.0. The summed E-state index contributed by atoms with van der Waals surface area (Å²) in [4.78, 5) is 0. The van der Waals surface area contributed by atoms with Gasteiger partial charge in [0.1, 0.15) is 5.75 Å². The second-order valence-corrected chi connectivity index (χ2v) is 5.37. The van der Waals surface area contributed by atoms with Gasteiger partial charge in [-0.05, 0) is 36.5 Å². The monoisotopic (exact) mass is 278 g/mol. The maximum absolute atomic E-state index is 5.79. The van der Waals surface area contributed by atoms with E-state index in [1.54, 1.807) is 0 Å². The van der Waals surface area contributed by atoms with E-state index in [2.05, 4.69) is 38.3 Å². The Morgan fingerprint density at radius 2 is 1.80 bits per heavy atom. The Morgan fingerprint density at radius 3 is 2.30 bits per heavy atom. The third kappa shape index (κ3) is 5.14. The molecule has 0 saturated heterocycles. The largest absolute Gasteiger partial charge is 0.494 e. The van der Waals surface area contributed by atoms with Gasteiger partial charge in [0.25, 0.3) is 0 Å². The van der Waals surface area contributed by atoms with Crippen molar-refractivity contribution in [1.82, 2.24) is 5.43 Å². The number of unbranched alkanes of at least 4 members (excludes halogenated alkanes) is 1. The summed E-state index contributed by atoms with van der Waals surface area (Å²) in [6.07, 6.45) is 5.88. The Bertz CT molecular complexity index is 351. The molecule has 1 aromatic carbocycles. The van der Waals surface area contributed by atoms with E-state index in [0.29, 0.717) is 5.92 Å². The molecule has 0 aliphatic carbocycles. The zero-order valence-electron chi connectivity index (χ0n) is 13.2. The van der Waals surface area contributed by atoms with Crippen LogP contribution in [0.5, 0.6) is 5.75 Å². The SMILES string of the molecule is CCCCC(CC)C(NN)c1ccc(OCCC)cc1. The van der Waals surface area contributed by atoms with Gasteiger partial charge in [0, 0.05) is 6.04 Å². The molecular weight excluding hydrogens is 248 g/mol. The fourth-order valence-corrected chi connectivity index (χ4v) is 2.57. The number of ether oxygens (including phenoxy) is 1. The van der Waals surface area contributed by atoms with Gasteiger partial charge >= 0.3 is 0 Å². The van der Waals surface area contributed by atoms with Crippen LogP contribution < -0.4 is 16.0 Å². The van der Waals surface area contributed by atoms with Gasteiger partial charge < -0.3 is 4.74 Å². The van der Waals surface area contributed by atoms with E-state index in [1.807, 2.05) is 12.1 Å². The smallest absolute Gasteiger partial charge is 0.119 e. The summed E-state index contributed by atoms with van der Waals surface area (Å²) in [5.41, 5.74) is 4.25. The molecule has 114 valence electrons. The van der Waals surface area contributed by atoms with Gasteiger partial charge in [-0.25, -0.2) is 0 Å². The fraction of sp³-hybridized carbons (Fsp3) is 0.647. The number of hydrogen-bond acceptors (Lipinski definition) is 3. The molecule has 0 aliphatic heterocycles. The molecule has 20 heavy (non-hydrogen) atoms. The second kappa shape index (κ2) is 9.78. The van der Waals surface area contributed by atoms with Crippen LogP contribution in [0.1, 0.15) is 64.5 Å². The number of nitrogens with one attached hydrogen (secondary N) is 1. The first-order valence-corrected chi connectivity index (χ1v) is 7.95. The average Bonchev–Trinajstić information content (AvgIpc) is 2.50. The molecule has 2 unspecified atom stereocenters. The van der Waals surface area contributed by atoms with Crippen molar-refractivity contribution in [2.24, 2.45) is 11.8 Å². The summed E-state index contributed by atoms with van der Waals surface area (Å²) >= 11 is 0. The fourth-order valence-electron chi connectivity index (χ4n) is 2.57. The van der Waals surface area contributed by atoms with Crippen molar-refractivity contribution in [3.63, 3.8) is 0 Å². The van der Waals surface area contributed by atoms with Gasteiger partial charge in [-0.2, -0.15) is 0 Å². The molecule has 0 spiro atoms. The highest BCUT2D eigenvalue weighted by molar-refractivity contribution is 5.29. The average molecular weight is 278 g/mol. The molecule has 0 heterocycles. The van der Waals surface area contributed by atoms with Gasteiger partial charge in [0.05, 0.1) is 6.61 Å². The predicted octanol–water partition coefficient (Wildman–Crippen LogP) is 4.20. The Morgan fingerprint density at radius 1 is 1.10 bits per heavy atom. The van der Waals surface area contributed by atoms with Crippen LogP contribution in [0.25, 0.3) is 0 Å². The van der Waals surface area contributed by atoms with E-state index in [0.717, 1.165) is 25.2 Å². The van der Waals surface area contributed by atoms with Gasteiger partial charge in [0.15, 0.2) is 0 Å². The molecule has 0 aromatic heterocycles. The lowest BCUT2D eigenvalue weighted by Gasteiger charge is -2.26. The van der Waals surface area contributed by atoms with Crippen molar-refractivity contribution in [3.05, 3.63) is 29.8 Å². The van der Waals surface area contributed by atoms with Crippen LogP contribution in [0.2, 0.25) is 0 Å². The maximum Gasteiger partial charge on any atom is 0.119 e. The van der Waals surface area contributed by atoms with E-state index >= 15 is 0 Å². The first-order chi connectivity index (χ1) is 9.76. The highest BCUT2D eigenvalue weighted by Gasteiger charge is 2.20. The molecule has 0 amide bonds. The molecule has 0 saturated carbocycles. The Balaban J connectivity index is 2.72. The molecule has 0 fully saturated rings. The van der Waals surface area contributed by atoms with Crippen LogP contribution in [0.4, 0.5) is 0 Å². The molecule has 3 heteroatoms. The Labute approximate surface area is 123 Å². The zero-order valence-corrected chi connectivity index (χ0v) is 13.2. The molecular formula is C17H30N2O. The first-order valence-electron chi connectivity index (χ1n) is 7.95. The molecule has 1 rings (SSSR count). The number of benzene rings is 1. The molecule has 2 atom stereocenters. The van der Waals surface area contributed by atoms with Gasteiger partial charge in [-0.3, -0.25) is 11.3 Å². The van der Waals surface area contributed by atoms with Crippen LogP contribution in [0, 0.1) is 5.92 Å². The van der Waals surface area contributed by atoms with E-state index in [-0.39, 0.29) is 6.04 Å². The first kappa shape index (κ1) is 17.0. The molecule has 0 radical (unpaired) electrons. The third-order valence-corrected chi connectivity index (χ3v) is 3.82. The summed E-state index contributed by atoms with van der Waals surface area (Å²) in [6.45, 7) is 7.36. The van der Waals surface area contributed by atoms with E-state index in [9.17, 15) is 0 Å². The van der Waals surface area contributed by atoms with Crippen molar-refractivity contribution in [1.29, 1.82) is 0 Å². The van der Waals surface area contributed by atoms with Crippen LogP contribution >= 0.6 is 0 Å². The molecule has 3 N–H and O–H groups in total. The van der Waals surface area contributed by atoms with E-state index in [4.69, 9.17) is 10.6 Å². The standard InChI is InChI=1S/C17H30N2O/c1-4-7-8-14(6-3)17(19-18)15-9-11-16(12-10-15)20-13-5-2/h9-12,14,17,19H,4-8,13,18H2,1-3H3. The quantitative estimate of drug-likeness (QED) is 0.498. The van der Waals surface area contributed by atoms with E-state index in [1.165, 1.54) is 24.8 Å². The van der Waals surface area contributed by atoms with Crippen LogP contribution in [0.15, 0.2) is 24.3 Å². The van der Waals surface area contributed by atoms with Crippen molar-refractivity contribution >= 4 is 0 Å². The van der Waals surface area contributed by atoms with Crippen LogP contribution in [0.3, 0.4) is 0 Å². The number of hydrazine groups is 1. The van der Waals surface area contributed by atoms with Gasteiger partial charge in [0.2, 0.25) is 0 Å². The molecule has 3 nitrogen and oxygen atoms in total. The topological polar surface area (TPSA) is 47.3 Å². The zero-order chi connectivity index (χ0) is 14.8. The lowest BCUT2D eigenvalue weighted by atomic mass is 9.87. The minimum Gasteiger partial charge on any atom is -0.494 e. The Hall–Kier alpha value is -1.06. The minimum atomic E-state index is 0.228. The summed E-state index contributed by atoms with van der Waals surface area (Å²) in [7, 11) is 0. The summed E-state index contributed by atoms with van der Waals surface area (Å²) in [5.74, 6) is 7.31. The maximum atomic E-state index is 5.79. The van der Waals surface area contributed by atoms with Crippen molar-refractivity contribution in [2.75, 3.05) is 6.61 Å². The lowest BCUT2D eigenvalue weighted by molar-refractivity contribution is 0.314. The number of nitrogens with two attached hydrogens (primary N) is 1. The van der Waals surface area contributed by atoms with Crippen LogP contribution in [-0.2, 0) is 0 Å². The van der Waals surface area contributed by atoms with Crippen molar-refractivity contribution in [2.45, 2.75) is 58.9 Å². The summed E-state index contributed by atoms with van der Waals surface area (Å²) in [6, 6.07) is 8.57. The minimum absolute atomic E-state index is 0.228. The molecule has 1 aromatic rings. The molecule has 0 bridgehead atoms. The predicted molar refractivity (Wildman–Crippen MR) is 85.6 cm³/mol. The number of rotatable bonds is 10. The van der Waals surface area contributed by atoms with E-state index < -0.39 is 0 Å². The van der Waals surface area contributed by atoms with Gasteiger partial charge in [-0.15, -0.1) is 0 Å². The summed E-state index contributed by atoms with van der Waals surface area (Å²) < 4.78 is 5.62. The third-order valence-electron chi connectivity index (χ3n) is 3.82.